The lowest BCUT2D eigenvalue weighted by atomic mass is 10.1. The highest BCUT2D eigenvalue weighted by Gasteiger charge is 2.26. The molecule has 1 fully saturated rings. The third-order valence-corrected chi connectivity index (χ3v) is 3.98. The van der Waals surface area contributed by atoms with Crippen LogP contribution in [0.4, 0.5) is 5.69 Å². The fraction of sp³-hybridized carbons (Fsp3) is 0.500. The van der Waals surface area contributed by atoms with E-state index in [-0.39, 0.29) is 17.6 Å². The zero-order chi connectivity index (χ0) is 14.5. The number of amides is 1. The Kier molecular flexibility index (Phi) is 4.95. The van der Waals surface area contributed by atoms with Crippen LogP contribution in [0.2, 0.25) is 0 Å². The molecule has 6 heteroatoms. The summed E-state index contributed by atoms with van der Waals surface area (Å²) < 4.78 is 0. The molecule has 2 rings (SSSR count). The van der Waals surface area contributed by atoms with Crippen molar-refractivity contribution in [1.29, 1.82) is 0 Å². The predicted molar refractivity (Wildman–Crippen MR) is 77.1 cm³/mol. The molecule has 1 atom stereocenters. The number of alkyl halides is 1. The van der Waals surface area contributed by atoms with Gasteiger partial charge in [-0.15, -0.1) is 11.6 Å². The normalized spacial score (nSPS) is 19.4. The van der Waals surface area contributed by atoms with Crippen LogP contribution in [-0.4, -0.2) is 34.2 Å². The monoisotopic (exact) mass is 296 g/mol. The molecule has 0 aliphatic carbocycles. The molecule has 20 heavy (non-hydrogen) atoms. The van der Waals surface area contributed by atoms with Crippen molar-refractivity contribution in [2.45, 2.75) is 31.7 Å². The number of halogens is 1. The van der Waals surface area contributed by atoms with Gasteiger partial charge >= 0.3 is 0 Å². The van der Waals surface area contributed by atoms with Crippen LogP contribution in [0.1, 0.15) is 36.0 Å². The van der Waals surface area contributed by atoms with E-state index in [9.17, 15) is 14.9 Å². The summed E-state index contributed by atoms with van der Waals surface area (Å²) in [4.78, 5) is 24.6. The first-order valence-corrected chi connectivity index (χ1v) is 7.28. The van der Waals surface area contributed by atoms with Crippen molar-refractivity contribution in [2.24, 2.45) is 0 Å². The van der Waals surface area contributed by atoms with Gasteiger partial charge in [0.15, 0.2) is 0 Å². The first-order chi connectivity index (χ1) is 9.63. The zero-order valence-electron chi connectivity index (χ0n) is 11.1. The van der Waals surface area contributed by atoms with E-state index in [1.165, 1.54) is 12.1 Å². The number of likely N-dealkylation sites (tertiary alicyclic amines) is 1. The number of non-ortho nitro benzene ring substituents is 1. The Morgan fingerprint density at radius 2 is 2.20 bits per heavy atom. The lowest BCUT2D eigenvalue weighted by molar-refractivity contribution is -0.384. The number of carbonyl (C=O) groups is 1. The molecule has 0 spiro atoms. The molecule has 0 N–H and O–H groups in total. The summed E-state index contributed by atoms with van der Waals surface area (Å²) >= 11 is 5.96. The summed E-state index contributed by atoms with van der Waals surface area (Å²) in [6, 6.07) is 5.90. The van der Waals surface area contributed by atoms with Crippen LogP contribution in [0.5, 0.6) is 0 Å². The minimum absolute atomic E-state index is 0.0194. The van der Waals surface area contributed by atoms with Crippen LogP contribution < -0.4 is 0 Å². The molecule has 1 unspecified atom stereocenters. The van der Waals surface area contributed by atoms with Crippen LogP contribution in [-0.2, 0) is 0 Å². The van der Waals surface area contributed by atoms with Crippen LogP contribution in [0.3, 0.4) is 0 Å². The van der Waals surface area contributed by atoms with Crippen LogP contribution in [0.25, 0.3) is 0 Å². The van der Waals surface area contributed by atoms with Gasteiger partial charge in [-0.3, -0.25) is 14.9 Å². The number of benzene rings is 1. The Morgan fingerprint density at radius 3 is 2.90 bits per heavy atom. The molecule has 1 aromatic rings. The predicted octanol–water partition coefficient (Wildman–Crippen LogP) is 3.22. The quantitative estimate of drug-likeness (QED) is 0.489. The fourth-order valence-corrected chi connectivity index (χ4v) is 2.84. The third kappa shape index (κ3) is 3.28. The number of nitrogens with zero attached hydrogens (tertiary/aromatic N) is 2. The summed E-state index contributed by atoms with van der Waals surface area (Å²) in [6.07, 6.45) is 4.00. The van der Waals surface area contributed by atoms with E-state index in [2.05, 4.69) is 0 Å². The molecule has 1 heterocycles. The largest absolute Gasteiger partial charge is 0.334 e. The van der Waals surface area contributed by atoms with Crippen molar-refractivity contribution in [1.82, 2.24) is 4.90 Å². The van der Waals surface area contributed by atoms with E-state index < -0.39 is 4.92 Å². The number of rotatable bonds is 3. The SMILES string of the molecule is O=C(c1cccc([N+](=O)[O-])c1)N1CCCCCC1CCl. The molecule has 108 valence electrons. The van der Waals surface area contributed by atoms with E-state index >= 15 is 0 Å². The van der Waals surface area contributed by atoms with Gasteiger partial charge in [-0.25, -0.2) is 0 Å². The molecule has 1 aliphatic heterocycles. The molecule has 0 bridgehead atoms. The molecule has 1 saturated heterocycles. The van der Waals surface area contributed by atoms with Crippen molar-refractivity contribution in [3.05, 3.63) is 39.9 Å². The maximum atomic E-state index is 12.5. The average molecular weight is 297 g/mol. The van der Waals surface area contributed by atoms with E-state index in [1.54, 1.807) is 17.0 Å². The lowest BCUT2D eigenvalue weighted by Crippen LogP contribution is -2.41. The second-order valence-electron chi connectivity index (χ2n) is 4.96. The molecular weight excluding hydrogens is 280 g/mol. The van der Waals surface area contributed by atoms with Crippen LogP contribution in [0, 0.1) is 10.1 Å². The van der Waals surface area contributed by atoms with Gasteiger partial charge in [0.05, 0.1) is 4.92 Å². The Balaban J connectivity index is 2.24. The summed E-state index contributed by atoms with van der Waals surface area (Å²) in [5, 5.41) is 10.8. The minimum atomic E-state index is -0.488. The first-order valence-electron chi connectivity index (χ1n) is 6.75. The van der Waals surface area contributed by atoms with Gasteiger partial charge in [0.2, 0.25) is 0 Å². The average Bonchev–Trinajstić information content (AvgIpc) is 2.71. The number of carbonyl (C=O) groups excluding carboxylic acids is 1. The number of hydrogen-bond acceptors (Lipinski definition) is 3. The van der Waals surface area contributed by atoms with Crippen molar-refractivity contribution < 1.29 is 9.72 Å². The van der Waals surface area contributed by atoms with Crippen molar-refractivity contribution in [2.75, 3.05) is 12.4 Å². The smallest absolute Gasteiger partial charge is 0.270 e. The van der Waals surface area contributed by atoms with Crippen LogP contribution >= 0.6 is 11.6 Å². The van der Waals surface area contributed by atoms with Crippen molar-refractivity contribution in [3.8, 4) is 0 Å². The highest BCUT2D eigenvalue weighted by atomic mass is 35.5. The van der Waals surface area contributed by atoms with E-state index in [4.69, 9.17) is 11.6 Å². The lowest BCUT2D eigenvalue weighted by Gasteiger charge is -2.28. The summed E-state index contributed by atoms with van der Waals surface area (Å²) in [7, 11) is 0. The minimum Gasteiger partial charge on any atom is -0.334 e. The first kappa shape index (κ1) is 14.8. The van der Waals surface area contributed by atoms with Gasteiger partial charge in [0.25, 0.3) is 11.6 Å². The fourth-order valence-electron chi connectivity index (χ4n) is 2.52. The third-order valence-electron chi connectivity index (χ3n) is 3.62. The van der Waals surface area contributed by atoms with E-state index in [1.807, 2.05) is 0 Å². The molecule has 0 aromatic heterocycles. The maximum Gasteiger partial charge on any atom is 0.270 e. The molecule has 0 radical (unpaired) electrons. The molecule has 1 amide bonds. The Labute approximate surface area is 122 Å². The van der Waals surface area contributed by atoms with Crippen molar-refractivity contribution >= 4 is 23.2 Å². The van der Waals surface area contributed by atoms with Gasteiger partial charge in [-0.1, -0.05) is 18.9 Å². The highest BCUT2D eigenvalue weighted by molar-refractivity contribution is 6.18. The Morgan fingerprint density at radius 1 is 1.40 bits per heavy atom. The van der Waals surface area contributed by atoms with Gasteiger partial charge in [-0.05, 0) is 18.9 Å². The summed E-state index contributed by atoms with van der Waals surface area (Å²) in [6.45, 7) is 0.666. The topological polar surface area (TPSA) is 63.4 Å². The number of nitro groups is 1. The Hall–Kier alpha value is -1.62. The zero-order valence-corrected chi connectivity index (χ0v) is 11.9. The Bertz CT molecular complexity index is 507. The second kappa shape index (κ2) is 6.70. The van der Waals surface area contributed by atoms with Gasteiger partial charge < -0.3 is 4.90 Å². The molecule has 0 saturated carbocycles. The standard InChI is InChI=1S/C14H17ClN2O3/c15-10-13-6-2-1-3-8-16(13)14(18)11-5-4-7-12(9-11)17(19)20/h4-5,7,9,13H,1-3,6,8,10H2. The van der Waals surface area contributed by atoms with Gasteiger partial charge in [-0.2, -0.15) is 0 Å². The molecule has 1 aromatic carbocycles. The van der Waals surface area contributed by atoms with E-state index in [0.717, 1.165) is 25.7 Å². The molecule has 1 aliphatic rings. The van der Waals surface area contributed by atoms with E-state index in [0.29, 0.717) is 18.0 Å². The van der Waals surface area contributed by atoms with Gasteiger partial charge in [0.1, 0.15) is 0 Å². The van der Waals surface area contributed by atoms with Crippen LogP contribution in [0.15, 0.2) is 24.3 Å². The number of hydrogen-bond donors (Lipinski definition) is 0. The summed E-state index contributed by atoms with van der Waals surface area (Å²) in [5.74, 6) is 0.238. The molecular formula is C14H17ClN2O3. The molecule has 5 nitrogen and oxygen atoms in total. The summed E-state index contributed by atoms with van der Waals surface area (Å²) in [5.41, 5.74) is 0.296. The second-order valence-corrected chi connectivity index (χ2v) is 5.27. The van der Waals surface area contributed by atoms with Crippen molar-refractivity contribution in [3.63, 3.8) is 0 Å². The maximum absolute atomic E-state index is 12.5. The van der Waals surface area contributed by atoms with Gasteiger partial charge in [0, 0.05) is 36.2 Å². The number of nitro benzene ring substituents is 1. The highest BCUT2D eigenvalue weighted by Crippen LogP contribution is 2.22.